The molecule has 0 unspecified atom stereocenters. The number of alkyl halides is 6. The van der Waals surface area contributed by atoms with E-state index < -0.39 is 36.4 Å². The van der Waals surface area contributed by atoms with Crippen LogP contribution in [0.1, 0.15) is 16.8 Å². The topological polar surface area (TPSA) is 73.6 Å². The third kappa shape index (κ3) is 6.13. The van der Waals surface area contributed by atoms with Crippen LogP contribution in [0.4, 0.5) is 26.3 Å². The Hall–Kier alpha value is -4.22. The van der Waals surface area contributed by atoms with Crippen LogP contribution in [-0.4, -0.2) is 27.0 Å². The normalized spacial score (nSPS) is 12.1. The molecule has 194 valence electrons. The molecular weight excluding hydrogens is 506 g/mol. The molecule has 4 rings (SSSR count). The molecule has 0 aliphatic heterocycles. The Labute approximate surface area is 205 Å². The standard InChI is InChI=1S/C25H18F6N2O4/c1-14-19(13-36-18-7-4-16-8-9-33(12-23(34)35)22(16)10-18)20(24(26,27)28)11-21(32-14)15-2-5-17(6-3-15)37-25(29,30)31/h2-11H,12-13H2,1H3,(H,34,35). The minimum absolute atomic E-state index is 0.0239. The van der Waals surface area contributed by atoms with Gasteiger partial charge in [0.2, 0.25) is 0 Å². The highest BCUT2D eigenvalue weighted by Gasteiger charge is 2.35. The lowest BCUT2D eigenvalue weighted by molar-refractivity contribution is -0.274. The molecule has 1 N–H and O–H groups in total. The Morgan fingerprint density at radius 2 is 1.65 bits per heavy atom. The summed E-state index contributed by atoms with van der Waals surface area (Å²) in [5, 5.41) is 9.78. The molecular formula is C25H18F6N2O4. The van der Waals surface area contributed by atoms with Gasteiger partial charge in [-0.05, 0) is 60.8 Å². The fourth-order valence-electron chi connectivity index (χ4n) is 3.80. The number of halogens is 6. The first-order valence-electron chi connectivity index (χ1n) is 10.7. The fourth-order valence-corrected chi connectivity index (χ4v) is 3.80. The molecule has 2 aromatic heterocycles. The molecule has 0 radical (unpaired) electrons. The number of nitrogens with zero attached hydrogens (tertiary/aromatic N) is 2. The highest BCUT2D eigenvalue weighted by atomic mass is 19.4. The molecule has 2 heterocycles. The minimum atomic E-state index is -4.90. The molecule has 4 aromatic rings. The van der Waals surface area contributed by atoms with Crippen LogP contribution in [0.25, 0.3) is 22.2 Å². The molecule has 0 saturated heterocycles. The van der Waals surface area contributed by atoms with Crippen molar-refractivity contribution in [2.24, 2.45) is 0 Å². The lowest BCUT2D eigenvalue weighted by Crippen LogP contribution is -2.17. The number of aromatic nitrogens is 2. The first kappa shape index (κ1) is 25.9. The summed E-state index contributed by atoms with van der Waals surface area (Å²) < 4.78 is 89.9. The molecule has 0 amide bonds. The summed E-state index contributed by atoms with van der Waals surface area (Å²) in [6.45, 7) is 0.607. The van der Waals surface area contributed by atoms with Crippen LogP contribution in [0.2, 0.25) is 0 Å². The molecule has 12 heteroatoms. The van der Waals surface area contributed by atoms with Gasteiger partial charge in [0, 0.05) is 29.1 Å². The number of carbonyl (C=O) groups is 1. The maximum Gasteiger partial charge on any atom is 0.573 e. The van der Waals surface area contributed by atoms with E-state index in [4.69, 9.17) is 9.84 Å². The van der Waals surface area contributed by atoms with Gasteiger partial charge in [0.05, 0.1) is 16.8 Å². The third-order valence-electron chi connectivity index (χ3n) is 5.45. The Balaban J connectivity index is 1.62. The van der Waals surface area contributed by atoms with Gasteiger partial charge in [-0.15, -0.1) is 13.2 Å². The molecule has 6 nitrogen and oxygen atoms in total. The molecule has 2 aromatic carbocycles. The van der Waals surface area contributed by atoms with Gasteiger partial charge in [-0.2, -0.15) is 13.2 Å². The van der Waals surface area contributed by atoms with E-state index in [2.05, 4.69) is 9.72 Å². The van der Waals surface area contributed by atoms with Gasteiger partial charge < -0.3 is 19.1 Å². The zero-order valence-corrected chi connectivity index (χ0v) is 19.0. The second-order valence-electron chi connectivity index (χ2n) is 8.04. The highest BCUT2D eigenvalue weighted by molar-refractivity contribution is 5.83. The number of pyridine rings is 1. The van der Waals surface area contributed by atoms with Crippen molar-refractivity contribution in [3.05, 3.63) is 77.6 Å². The number of hydrogen-bond acceptors (Lipinski definition) is 4. The molecule has 37 heavy (non-hydrogen) atoms. The van der Waals surface area contributed by atoms with Crippen molar-refractivity contribution in [3.63, 3.8) is 0 Å². The predicted octanol–water partition coefficient (Wildman–Crippen LogP) is 6.59. The average molecular weight is 524 g/mol. The summed E-state index contributed by atoms with van der Waals surface area (Å²) in [6, 6.07) is 11.6. The summed E-state index contributed by atoms with van der Waals surface area (Å²) in [5.41, 5.74) is -0.564. The number of aryl methyl sites for hydroxylation is 1. The van der Waals surface area contributed by atoms with E-state index in [1.165, 1.54) is 29.7 Å². The third-order valence-corrected chi connectivity index (χ3v) is 5.45. The van der Waals surface area contributed by atoms with E-state index in [1.54, 1.807) is 24.4 Å². The molecule has 0 bridgehead atoms. The van der Waals surface area contributed by atoms with E-state index in [1.807, 2.05) is 0 Å². The van der Waals surface area contributed by atoms with Crippen LogP contribution in [-0.2, 0) is 24.1 Å². The second-order valence-corrected chi connectivity index (χ2v) is 8.04. The Bertz CT molecular complexity index is 1440. The van der Waals surface area contributed by atoms with Crippen molar-refractivity contribution in [1.82, 2.24) is 9.55 Å². The van der Waals surface area contributed by atoms with Crippen LogP contribution in [0.5, 0.6) is 11.5 Å². The van der Waals surface area contributed by atoms with Gasteiger partial charge in [0.15, 0.2) is 0 Å². The average Bonchev–Trinajstić information content (AvgIpc) is 3.18. The maximum absolute atomic E-state index is 14.0. The molecule has 0 aliphatic rings. The molecule has 0 spiro atoms. The number of rotatable bonds is 7. The van der Waals surface area contributed by atoms with Gasteiger partial charge >= 0.3 is 18.5 Å². The van der Waals surface area contributed by atoms with Crippen LogP contribution < -0.4 is 9.47 Å². The Kier molecular flexibility index (Phi) is 6.76. The maximum atomic E-state index is 14.0. The Morgan fingerprint density at radius 1 is 0.973 bits per heavy atom. The van der Waals surface area contributed by atoms with Crippen LogP contribution in [0, 0.1) is 6.92 Å². The van der Waals surface area contributed by atoms with Crippen LogP contribution in [0.3, 0.4) is 0 Å². The van der Waals surface area contributed by atoms with Crippen LogP contribution in [0.15, 0.2) is 60.8 Å². The van der Waals surface area contributed by atoms with Crippen molar-refractivity contribution in [2.75, 3.05) is 0 Å². The van der Waals surface area contributed by atoms with E-state index >= 15 is 0 Å². The number of benzene rings is 2. The van der Waals surface area contributed by atoms with Gasteiger partial charge in [-0.1, -0.05) is 0 Å². The van der Waals surface area contributed by atoms with Gasteiger partial charge in [-0.3, -0.25) is 9.78 Å². The minimum Gasteiger partial charge on any atom is -0.489 e. The summed E-state index contributed by atoms with van der Waals surface area (Å²) >= 11 is 0. The first-order chi connectivity index (χ1) is 17.3. The monoisotopic (exact) mass is 524 g/mol. The Morgan fingerprint density at radius 3 is 2.27 bits per heavy atom. The number of carboxylic acid groups (broad SMARTS) is 1. The number of carboxylic acids is 1. The molecule has 0 aliphatic carbocycles. The molecule has 0 fully saturated rings. The summed E-state index contributed by atoms with van der Waals surface area (Å²) in [7, 11) is 0. The number of fused-ring (bicyclic) bond motifs is 1. The van der Waals surface area contributed by atoms with E-state index in [0.29, 0.717) is 5.52 Å². The smallest absolute Gasteiger partial charge is 0.489 e. The van der Waals surface area contributed by atoms with Crippen molar-refractivity contribution >= 4 is 16.9 Å². The molecule has 0 atom stereocenters. The van der Waals surface area contributed by atoms with Crippen molar-refractivity contribution in [1.29, 1.82) is 0 Å². The zero-order chi connectivity index (χ0) is 27.0. The van der Waals surface area contributed by atoms with Crippen LogP contribution >= 0.6 is 0 Å². The predicted molar refractivity (Wildman–Crippen MR) is 120 cm³/mol. The lowest BCUT2D eigenvalue weighted by Gasteiger charge is -2.18. The first-order valence-corrected chi connectivity index (χ1v) is 10.7. The van der Waals surface area contributed by atoms with E-state index in [-0.39, 0.29) is 34.8 Å². The van der Waals surface area contributed by atoms with Gasteiger partial charge in [0.1, 0.15) is 24.7 Å². The van der Waals surface area contributed by atoms with E-state index in [9.17, 15) is 31.1 Å². The summed E-state index contributed by atoms with van der Waals surface area (Å²) in [4.78, 5) is 15.3. The van der Waals surface area contributed by atoms with Gasteiger partial charge in [0.25, 0.3) is 0 Å². The lowest BCUT2D eigenvalue weighted by atomic mass is 10.0. The zero-order valence-electron chi connectivity index (χ0n) is 19.0. The summed E-state index contributed by atoms with van der Waals surface area (Å²) in [5.74, 6) is -1.34. The van der Waals surface area contributed by atoms with Crippen molar-refractivity contribution in [3.8, 4) is 22.8 Å². The highest BCUT2D eigenvalue weighted by Crippen LogP contribution is 2.37. The largest absolute Gasteiger partial charge is 0.573 e. The number of ether oxygens (including phenoxy) is 2. The van der Waals surface area contributed by atoms with E-state index in [0.717, 1.165) is 23.6 Å². The number of aliphatic carboxylic acids is 1. The summed E-state index contributed by atoms with van der Waals surface area (Å²) in [6.07, 6.45) is -8.08. The van der Waals surface area contributed by atoms with Crippen molar-refractivity contribution in [2.45, 2.75) is 32.6 Å². The number of hydrogen-bond donors (Lipinski definition) is 1. The molecule has 0 saturated carbocycles. The van der Waals surface area contributed by atoms with Crippen molar-refractivity contribution < 1.29 is 45.7 Å². The SMILES string of the molecule is Cc1nc(-c2ccc(OC(F)(F)F)cc2)cc(C(F)(F)F)c1COc1ccc2ccn(CC(=O)O)c2c1. The quantitative estimate of drug-likeness (QED) is 0.276. The fraction of sp³-hybridized carbons (Fsp3) is 0.200. The van der Waals surface area contributed by atoms with Gasteiger partial charge in [-0.25, -0.2) is 0 Å². The second kappa shape index (κ2) is 9.68.